The second-order valence-corrected chi connectivity index (χ2v) is 6.36. The Kier molecular flexibility index (Phi) is 4.11. The molecule has 0 spiro atoms. The van der Waals surface area contributed by atoms with Gasteiger partial charge < -0.3 is 11.1 Å². The van der Waals surface area contributed by atoms with E-state index in [0.29, 0.717) is 30.4 Å². The zero-order valence-corrected chi connectivity index (χ0v) is 12.4. The fourth-order valence-corrected chi connectivity index (χ4v) is 4.06. The lowest BCUT2D eigenvalue weighted by molar-refractivity contribution is -0.385. The number of nitro benzene ring substituents is 1. The molecule has 3 rings (SSSR count). The molecule has 0 aromatic heterocycles. The van der Waals surface area contributed by atoms with E-state index in [1.54, 1.807) is 18.2 Å². The Labute approximate surface area is 129 Å². The van der Waals surface area contributed by atoms with Crippen LogP contribution in [0.4, 0.5) is 5.69 Å². The molecular weight excluding hydrogens is 282 g/mol. The number of rotatable bonds is 5. The zero-order chi connectivity index (χ0) is 15.7. The van der Waals surface area contributed by atoms with E-state index in [9.17, 15) is 14.9 Å². The van der Waals surface area contributed by atoms with Crippen LogP contribution in [-0.2, 0) is 11.2 Å². The van der Waals surface area contributed by atoms with Crippen molar-refractivity contribution in [3.63, 3.8) is 0 Å². The number of amides is 1. The van der Waals surface area contributed by atoms with Crippen LogP contribution in [0.1, 0.15) is 24.8 Å². The van der Waals surface area contributed by atoms with Gasteiger partial charge in [0.1, 0.15) is 0 Å². The first-order chi connectivity index (χ1) is 10.6. The van der Waals surface area contributed by atoms with Crippen LogP contribution in [0.25, 0.3) is 0 Å². The summed E-state index contributed by atoms with van der Waals surface area (Å²) in [5.74, 6) is 0.852. The molecule has 0 aliphatic heterocycles. The topological polar surface area (TPSA) is 98.3 Å². The summed E-state index contributed by atoms with van der Waals surface area (Å²) in [6, 6.07) is 6.62. The molecule has 6 nitrogen and oxygen atoms in total. The van der Waals surface area contributed by atoms with Gasteiger partial charge in [-0.3, -0.25) is 14.9 Å². The summed E-state index contributed by atoms with van der Waals surface area (Å²) in [7, 11) is 0. The highest BCUT2D eigenvalue weighted by atomic mass is 16.6. The SMILES string of the molecule is NC1C2CCC(C2)C1C(=O)NCCc1ccccc1[N+](=O)[O-]. The molecular formula is C16H21N3O3. The van der Waals surface area contributed by atoms with Gasteiger partial charge >= 0.3 is 0 Å². The van der Waals surface area contributed by atoms with Crippen molar-refractivity contribution in [1.82, 2.24) is 5.32 Å². The Morgan fingerprint density at radius 2 is 2.05 bits per heavy atom. The Hall–Kier alpha value is -1.95. The number of carbonyl (C=O) groups is 1. The highest BCUT2D eigenvalue weighted by Crippen LogP contribution is 2.47. The summed E-state index contributed by atoms with van der Waals surface area (Å²) >= 11 is 0. The van der Waals surface area contributed by atoms with E-state index in [1.165, 1.54) is 6.07 Å². The van der Waals surface area contributed by atoms with Crippen LogP contribution in [-0.4, -0.2) is 23.4 Å². The minimum Gasteiger partial charge on any atom is -0.355 e. The minimum atomic E-state index is -0.386. The van der Waals surface area contributed by atoms with Gasteiger partial charge in [0, 0.05) is 24.2 Å². The Morgan fingerprint density at radius 3 is 2.73 bits per heavy atom. The molecule has 4 unspecified atom stereocenters. The smallest absolute Gasteiger partial charge is 0.272 e. The number of para-hydroxylation sites is 1. The van der Waals surface area contributed by atoms with Crippen LogP contribution in [0.2, 0.25) is 0 Å². The van der Waals surface area contributed by atoms with E-state index in [-0.39, 0.29) is 28.5 Å². The van der Waals surface area contributed by atoms with Crippen LogP contribution < -0.4 is 11.1 Å². The predicted molar refractivity (Wildman–Crippen MR) is 82.1 cm³/mol. The fourth-order valence-electron chi connectivity index (χ4n) is 4.06. The van der Waals surface area contributed by atoms with Crippen molar-refractivity contribution in [2.45, 2.75) is 31.7 Å². The lowest BCUT2D eigenvalue weighted by Gasteiger charge is -2.27. The van der Waals surface area contributed by atoms with Crippen molar-refractivity contribution in [2.24, 2.45) is 23.5 Å². The summed E-state index contributed by atoms with van der Waals surface area (Å²) in [6.45, 7) is 0.407. The second-order valence-electron chi connectivity index (χ2n) is 6.36. The number of hydrogen-bond acceptors (Lipinski definition) is 4. The zero-order valence-electron chi connectivity index (χ0n) is 12.4. The Morgan fingerprint density at radius 1 is 1.32 bits per heavy atom. The third-order valence-corrected chi connectivity index (χ3v) is 5.17. The van der Waals surface area contributed by atoms with Crippen molar-refractivity contribution in [3.8, 4) is 0 Å². The van der Waals surface area contributed by atoms with Crippen molar-refractivity contribution in [3.05, 3.63) is 39.9 Å². The van der Waals surface area contributed by atoms with Gasteiger partial charge in [0.25, 0.3) is 5.69 Å². The number of hydrogen-bond donors (Lipinski definition) is 2. The molecule has 6 heteroatoms. The predicted octanol–water partition coefficient (Wildman–Crippen LogP) is 1.63. The summed E-state index contributed by atoms with van der Waals surface area (Å²) < 4.78 is 0. The van der Waals surface area contributed by atoms with Crippen molar-refractivity contribution in [1.29, 1.82) is 0 Å². The first-order valence-corrected chi connectivity index (χ1v) is 7.83. The standard InChI is InChI=1S/C16H21N3O3/c17-15-12-6-5-11(9-12)14(15)16(20)18-8-7-10-3-1-2-4-13(10)19(21)22/h1-4,11-12,14-15H,5-9,17H2,(H,18,20). The van der Waals surface area contributed by atoms with Gasteiger partial charge in [-0.1, -0.05) is 18.2 Å². The summed E-state index contributed by atoms with van der Waals surface area (Å²) in [5.41, 5.74) is 6.91. The van der Waals surface area contributed by atoms with E-state index in [0.717, 1.165) is 19.3 Å². The van der Waals surface area contributed by atoms with Crippen LogP contribution >= 0.6 is 0 Å². The normalized spacial score (nSPS) is 29.5. The quantitative estimate of drug-likeness (QED) is 0.638. The lowest BCUT2D eigenvalue weighted by Crippen LogP contribution is -2.45. The van der Waals surface area contributed by atoms with Gasteiger partial charge in [-0.15, -0.1) is 0 Å². The number of carbonyl (C=O) groups excluding carboxylic acids is 1. The molecule has 2 fully saturated rings. The number of benzene rings is 1. The largest absolute Gasteiger partial charge is 0.355 e. The number of nitrogens with two attached hydrogens (primary N) is 1. The van der Waals surface area contributed by atoms with Crippen molar-refractivity contribution < 1.29 is 9.72 Å². The van der Waals surface area contributed by atoms with Gasteiger partial charge in [-0.2, -0.15) is 0 Å². The maximum atomic E-state index is 12.3. The molecule has 22 heavy (non-hydrogen) atoms. The number of fused-ring (bicyclic) bond motifs is 2. The van der Waals surface area contributed by atoms with Crippen molar-refractivity contribution >= 4 is 11.6 Å². The second kappa shape index (κ2) is 6.04. The molecule has 1 aromatic rings. The van der Waals surface area contributed by atoms with Gasteiger partial charge in [0.15, 0.2) is 0 Å². The summed E-state index contributed by atoms with van der Waals surface area (Å²) in [6.07, 6.45) is 3.77. The fraction of sp³-hybridized carbons (Fsp3) is 0.562. The molecule has 0 saturated heterocycles. The number of nitrogens with zero attached hydrogens (tertiary/aromatic N) is 1. The first-order valence-electron chi connectivity index (χ1n) is 7.83. The monoisotopic (exact) mass is 303 g/mol. The van der Waals surface area contributed by atoms with E-state index in [1.807, 2.05) is 0 Å². The maximum absolute atomic E-state index is 12.3. The number of nitro groups is 1. The van der Waals surface area contributed by atoms with Gasteiger partial charge in [0.05, 0.1) is 10.8 Å². The molecule has 2 saturated carbocycles. The van der Waals surface area contributed by atoms with Gasteiger partial charge in [0.2, 0.25) is 5.91 Å². The minimum absolute atomic E-state index is 0.0123. The summed E-state index contributed by atoms with van der Waals surface area (Å²) in [5, 5.41) is 13.9. The van der Waals surface area contributed by atoms with Crippen LogP contribution in [0, 0.1) is 27.9 Å². The molecule has 4 atom stereocenters. The molecule has 2 aliphatic carbocycles. The van der Waals surface area contributed by atoms with Crippen LogP contribution in [0.5, 0.6) is 0 Å². The molecule has 3 N–H and O–H groups in total. The molecule has 1 amide bonds. The number of nitrogens with one attached hydrogen (secondary N) is 1. The molecule has 1 aromatic carbocycles. The van der Waals surface area contributed by atoms with Gasteiger partial charge in [-0.25, -0.2) is 0 Å². The molecule has 0 radical (unpaired) electrons. The van der Waals surface area contributed by atoms with E-state index in [4.69, 9.17) is 5.73 Å². The van der Waals surface area contributed by atoms with Crippen LogP contribution in [0.15, 0.2) is 24.3 Å². The van der Waals surface area contributed by atoms with Crippen molar-refractivity contribution in [2.75, 3.05) is 6.54 Å². The summed E-state index contributed by atoms with van der Waals surface area (Å²) in [4.78, 5) is 22.9. The van der Waals surface area contributed by atoms with E-state index >= 15 is 0 Å². The molecule has 118 valence electrons. The lowest BCUT2D eigenvalue weighted by atomic mass is 9.84. The third kappa shape index (κ3) is 2.70. The average Bonchev–Trinajstić information content (AvgIpc) is 3.08. The van der Waals surface area contributed by atoms with E-state index < -0.39 is 0 Å². The maximum Gasteiger partial charge on any atom is 0.272 e. The molecule has 2 bridgehead atoms. The first kappa shape index (κ1) is 15.0. The highest BCUT2D eigenvalue weighted by molar-refractivity contribution is 5.80. The molecule has 2 aliphatic rings. The van der Waals surface area contributed by atoms with Gasteiger partial charge in [-0.05, 0) is 37.5 Å². The van der Waals surface area contributed by atoms with E-state index in [2.05, 4.69) is 5.32 Å². The average molecular weight is 303 g/mol. The Balaban J connectivity index is 1.55. The third-order valence-electron chi connectivity index (χ3n) is 5.17. The van der Waals surface area contributed by atoms with Crippen LogP contribution in [0.3, 0.4) is 0 Å². The molecule has 0 heterocycles. The Bertz CT molecular complexity index is 588. The highest BCUT2D eigenvalue weighted by Gasteiger charge is 2.48.